The zero-order valence-electron chi connectivity index (χ0n) is 11.8. The Kier molecular flexibility index (Phi) is 2.60. The van der Waals surface area contributed by atoms with Crippen molar-refractivity contribution < 1.29 is 14.3 Å². The first kappa shape index (κ1) is 12.7. The van der Waals surface area contributed by atoms with Crippen LogP contribution in [0, 0.1) is 0 Å². The zero-order valence-corrected chi connectivity index (χ0v) is 11.8. The molecule has 1 N–H and O–H groups in total. The molecule has 0 amide bonds. The van der Waals surface area contributed by atoms with E-state index in [4.69, 9.17) is 9.15 Å². The molecule has 0 radical (unpaired) electrons. The van der Waals surface area contributed by atoms with Crippen LogP contribution in [0.5, 0.6) is 11.5 Å². The number of hydrogen-bond acceptors (Lipinski definition) is 4. The molecule has 22 heavy (non-hydrogen) atoms. The van der Waals surface area contributed by atoms with Gasteiger partial charge < -0.3 is 14.3 Å². The molecule has 0 atom stereocenters. The van der Waals surface area contributed by atoms with Gasteiger partial charge in [-0.2, -0.15) is 0 Å². The Balaban J connectivity index is 2.24. The van der Waals surface area contributed by atoms with Gasteiger partial charge in [-0.15, -0.1) is 0 Å². The number of phenols is 1. The van der Waals surface area contributed by atoms with Gasteiger partial charge in [0, 0.05) is 11.5 Å². The van der Waals surface area contributed by atoms with E-state index in [1.54, 1.807) is 37.4 Å². The predicted octanol–water partition coefficient (Wildman–Crippen LogP) is 3.81. The van der Waals surface area contributed by atoms with Crippen LogP contribution in [-0.2, 0) is 0 Å². The number of methoxy groups -OCH3 is 1. The summed E-state index contributed by atoms with van der Waals surface area (Å²) in [6.45, 7) is 0. The van der Waals surface area contributed by atoms with Gasteiger partial charge in [-0.3, -0.25) is 4.79 Å². The molecule has 0 bridgehead atoms. The topological polar surface area (TPSA) is 59.7 Å². The summed E-state index contributed by atoms with van der Waals surface area (Å²) in [5.41, 5.74) is 0.552. The zero-order chi connectivity index (χ0) is 15.3. The molecule has 1 heterocycles. The van der Waals surface area contributed by atoms with Gasteiger partial charge in [-0.25, -0.2) is 0 Å². The molecule has 0 aliphatic rings. The van der Waals surface area contributed by atoms with E-state index in [2.05, 4.69) is 0 Å². The molecule has 0 fully saturated rings. The van der Waals surface area contributed by atoms with Gasteiger partial charge in [0.25, 0.3) is 0 Å². The van der Waals surface area contributed by atoms with Crippen LogP contribution in [0.4, 0.5) is 0 Å². The third kappa shape index (κ3) is 1.67. The summed E-state index contributed by atoms with van der Waals surface area (Å²) in [6.07, 6.45) is 0. The summed E-state index contributed by atoms with van der Waals surface area (Å²) in [4.78, 5) is 12.7. The summed E-state index contributed by atoms with van der Waals surface area (Å²) < 4.78 is 11.0. The molecule has 0 unspecified atom stereocenters. The Morgan fingerprint density at radius 3 is 2.64 bits per heavy atom. The van der Waals surface area contributed by atoms with E-state index in [1.165, 1.54) is 0 Å². The minimum Gasteiger partial charge on any atom is -0.506 e. The molecule has 1 aromatic heterocycles. The fraction of sp³-hybridized carbons (Fsp3) is 0.0556. The predicted molar refractivity (Wildman–Crippen MR) is 85.7 cm³/mol. The van der Waals surface area contributed by atoms with Gasteiger partial charge >= 0.3 is 0 Å². The summed E-state index contributed by atoms with van der Waals surface area (Å²) in [5.74, 6) is 0.569. The summed E-state index contributed by atoms with van der Waals surface area (Å²) in [7, 11) is 1.56. The van der Waals surface area contributed by atoms with Crippen molar-refractivity contribution in [2.24, 2.45) is 0 Å². The Morgan fingerprint density at radius 1 is 1.00 bits per heavy atom. The normalized spacial score (nSPS) is 11.3. The lowest BCUT2D eigenvalue weighted by Gasteiger charge is -2.07. The Bertz CT molecular complexity index is 1090. The lowest BCUT2D eigenvalue weighted by molar-refractivity contribution is 0.414. The maximum Gasteiger partial charge on any atom is 0.204 e. The maximum atomic E-state index is 12.7. The van der Waals surface area contributed by atoms with Gasteiger partial charge in [-0.1, -0.05) is 24.3 Å². The first-order valence-electron chi connectivity index (χ1n) is 6.84. The second-order valence-corrected chi connectivity index (χ2v) is 5.11. The van der Waals surface area contributed by atoms with E-state index >= 15 is 0 Å². The van der Waals surface area contributed by atoms with Crippen molar-refractivity contribution >= 4 is 32.7 Å². The van der Waals surface area contributed by atoms with Crippen LogP contribution in [0.15, 0.2) is 57.7 Å². The van der Waals surface area contributed by atoms with Crippen molar-refractivity contribution in [1.29, 1.82) is 0 Å². The molecule has 0 aliphatic carbocycles. The van der Waals surface area contributed by atoms with Gasteiger partial charge in [0.2, 0.25) is 5.43 Å². The Labute approximate surface area is 125 Å². The number of phenolic OH excluding ortho intramolecular Hbond substituents is 1. The average Bonchev–Trinajstić information content (AvgIpc) is 2.54. The molecule has 4 nitrogen and oxygen atoms in total. The van der Waals surface area contributed by atoms with Crippen molar-refractivity contribution in [3.63, 3.8) is 0 Å². The minimum absolute atomic E-state index is 0.0421. The maximum absolute atomic E-state index is 12.7. The van der Waals surface area contributed by atoms with Gasteiger partial charge in [-0.05, 0) is 23.6 Å². The van der Waals surface area contributed by atoms with Crippen molar-refractivity contribution in [1.82, 2.24) is 0 Å². The highest BCUT2D eigenvalue weighted by Gasteiger charge is 2.14. The third-order valence-electron chi connectivity index (χ3n) is 3.87. The smallest absolute Gasteiger partial charge is 0.204 e. The van der Waals surface area contributed by atoms with E-state index in [0.717, 1.165) is 5.39 Å². The number of rotatable bonds is 1. The number of benzene rings is 3. The lowest BCUT2D eigenvalue weighted by atomic mass is 10.0. The van der Waals surface area contributed by atoms with Crippen LogP contribution >= 0.6 is 0 Å². The molecule has 4 heteroatoms. The first-order chi connectivity index (χ1) is 10.7. The van der Waals surface area contributed by atoms with Crippen molar-refractivity contribution in [3.8, 4) is 11.5 Å². The second kappa shape index (κ2) is 4.49. The SMILES string of the molecule is COc1ccc2c(=O)c3c(O)c4ccccc4cc3oc2c1. The molecule has 4 rings (SSSR count). The fourth-order valence-electron chi connectivity index (χ4n) is 2.76. The molecule has 0 saturated heterocycles. The summed E-state index contributed by atoms with van der Waals surface area (Å²) in [6, 6.07) is 14.1. The molecule has 0 spiro atoms. The largest absolute Gasteiger partial charge is 0.506 e. The number of fused-ring (bicyclic) bond motifs is 3. The van der Waals surface area contributed by atoms with Crippen molar-refractivity contribution in [3.05, 3.63) is 58.8 Å². The third-order valence-corrected chi connectivity index (χ3v) is 3.87. The average molecular weight is 292 g/mol. The van der Waals surface area contributed by atoms with Gasteiger partial charge in [0.15, 0.2) is 0 Å². The second-order valence-electron chi connectivity index (χ2n) is 5.11. The van der Waals surface area contributed by atoms with Gasteiger partial charge in [0.05, 0.1) is 12.5 Å². The Hall–Kier alpha value is -3.01. The van der Waals surface area contributed by atoms with Crippen molar-refractivity contribution in [2.75, 3.05) is 7.11 Å². The van der Waals surface area contributed by atoms with Crippen LogP contribution in [0.1, 0.15) is 0 Å². The quantitative estimate of drug-likeness (QED) is 0.542. The molecular formula is C18H12O4. The highest BCUT2D eigenvalue weighted by Crippen LogP contribution is 2.33. The summed E-state index contributed by atoms with van der Waals surface area (Å²) in [5, 5.41) is 12.5. The fourth-order valence-corrected chi connectivity index (χ4v) is 2.76. The monoisotopic (exact) mass is 292 g/mol. The van der Waals surface area contributed by atoms with Crippen LogP contribution in [0.3, 0.4) is 0 Å². The molecular weight excluding hydrogens is 280 g/mol. The van der Waals surface area contributed by atoms with Crippen LogP contribution in [-0.4, -0.2) is 12.2 Å². The van der Waals surface area contributed by atoms with E-state index in [-0.39, 0.29) is 16.6 Å². The Morgan fingerprint density at radius 2 is 1.82 bits per heavy atom. The van der Waals surface area contributed by atoms with E-state index in [0.29, 0.717) is 27.7 Å². The van der Waals surface area contributed by atoms with E-state index in [1.807, 2.05) is 18.2 Å². The number of ether oxygens (including phenoxy) is 1. The molecule has 3 aromatic carbocycles. The molecule has 0 aliphatic heterocycles. The number of hydrogen-bond donors (Lipinski definition) is 1. The standard InChI is InChI=1S/C18H12O4/c1-21-11-6-7-13-14(9-11)22-15-8-10-4-2-3-5-12(10)17(19)16(15)18(13)20/h2-9,19H,1H3. The lowest BCUT2D eigenvalue weighted by Crippen LogP contribution is -2.02. The molecule has 108 valence electrons. The van der Waals surface area contributed by atoms with Crippen LogP contribution < -0.4 is 10.2 Å². The molecule has 0 saturated carbocycles. The molecule has 4 aromatic rings. The van der Waals surface area contributed by atoms with Crippen LogP contribution in [0.2, 0.25) is 0 Å². The van der Waals surface area contributed by atoms with E-state index in [9.17, 15) is 9.90 Å². The summed E-state index contributed by atoms with van der Waals surface area (Å²) >= 11 is 0. The minimum atomic E-state index is -0.248. The van der Waals surface area contributed by atoms with Gasteiger partial charge in [0.1, 0.15) is 28.1 Å². The highest BCUT2D eigenvalue weighted by atomic mass is 16.5. The number of aromatic hydroxyl groups is 1. The van der Waals surface area contributed by atoms with Crippen LogP contribution in [0.25, 0.3) is 32.7 Å². The van der Waals surface area contributed by atoms with Crippen molar-refractivity contribution in [2.45, 2.75) is 0 Å². The first-order valence-corrected chi connectivity index (χ1v) is 6.84. The van der Waals surface area contributed by atoms with E-state index < -0.39 is 0 Å². The highest BCUT2D eigenvalue weighted by molar-refractivity contribution is 6.05.